The fourth-order valence-electron chi connectivity index (χ4n) is 1.97. The number of aromatic nitrogens is 2. The van der Waals surface area contributed by atoms with Crippen LogP contribution < -0.4 is 10.9 Å². The van der Waals surface area contributed by atoms with Crippen LogP contribution in [0.25, 0.3) is 10.9 Å². The molecular weight excluding hydrogens is 226 g/mol. The Labute approximate surface area is 107 Å². The van der Waals surface area contributed by atoms with Crippen LogP contribution in [0, 0.1) is 0 Å². The smallest absolute Gasteiger partial charge is 0.261 e. The van der Waals surface area contributed by atoms with E-state index in [0.717, 1.165) is 38.0 Å². The summed E-state index contributed by atoms with van der Waals surface area (Å²) in [4.78, 5) is 16.5. The Morgan fingerprint density at radius 3 is 2.94 bits per heavy atom. The lowest BCUT2D eigenvalue weighted by atomic mass is 10.2. The van der Waals surface area contributed by atoms with Crippen LogP contribution in [-0.2, 0) is 6.54 Å². The Kier molecular flexibility index (Phi) is 4.47. The van der Waals surface area contributed by atoms with Crippen molar-refractivity contribution >= 4 is 10.9 Å². The van der Waals surface area contributed by atoms with Crippen molar-refractivity contribution in [3.8, 4) is 0 Å². The van der Waals surface area contributed by atoms with Gasteiger partial charge in [-0.1, -0.05) is 19.1 Å². The highest BCUT2D eigenvalue weighted by atomic mass is 16.1. The molecule has 4 heteroatoms. The number of fused-ring (bicyclic) bond motifs is 1. The SMILES string of the molecule is CCNCCCCn1cnc2ccccc2c1=O. The number of para-hydroxylation sites is 1. The Balaban J connectivity index is 2.05. The minimum absolute atomic E-state index is 0.0593. The molecular formula is C14H19N3O. The monoisotopic (exact) mass is 245 g/mol. The molecule has 0 aliphatic heterocycles. The third-order valence-electron chi connectivity index (χ3n) is 2.98. The van der Waals surface area contributed by atoms with Gasteiger partial charge in [0.05, 0.1) is 17.2 Å². The highest BCUT2D eigenvalue weighted by Gasteiger charge is 2.02. The van der Waals surface area contributed by atoms with E-state index in [9.17, 15) is 4.79 Å². The maximum Gasteiger partial charge on any atom is 0.261 e. The van der Waals surface area contributed by atoms with Crippen LogP contribution in [-0.4, -0.2) is 22.6 Å². The van der Waals surface area contributed by atoms with Crippen molar-refractivity contribution in [2.75, 3.05) is 13.1 Å². The van der Waals surface area contributed by atoms with E-state index in [0.29, 0.717) is 5.39 Å². The fraction of sp³-hybridized carbons (Fsp3) is 0.429. The first kappa shape index (κ1) is 12.8. The van der Waals surface area contributed by atoms with Crippen LogP contribution in [0.4, 0.5) is 0 Å². The molecule has 0 aliphatic carbocycles. The van der Waals surface area contributed by atoms with Crippen molar-refractivity contribution in [2.24, 2.45) is 0 Å². The molecule has 2 rings (SSSR count). The molecule has 0 radical (unpaired) electrons. The molecule has 2 aromatic rings. The molecule has 1 aromatic carbocycles. The quantitative estimate of drug-likeness (QED) is 0.789. The van der Waals surface area contributed by atoms with Gasteiger partial charge in [-0.2, -0.15) is 0 Å². The predicted octanol–water partition coefficient (Wildman–Crippen LogP) is 1.79. The van der Waals surface area contributed by atoms with Crippen molar-refractivity contribution in [1.82, 2.24) is 14.9 Å². The topological polar surface area (TPSA) is 46.9 Å². The van der Waals surface area contributed by atoms with Gasteiger partial charge in [0.15, 0.2) is 0 Å². The molecule has 1 N–H and O–H groups in total. The Bertz CT molecular complexity index is 562. The van der Waals surface area contributed by atoms with E-state index in [1.54, 1.807) is 10.9 Å². The second-order valence-corrected chi connectivity index (χ2v) is 4.32. The van der Waals surface area contributed by atoms with Crippen LogP contribution in [0.2, 0.25) is 0 Å². The van der Waals surface area contributed by atoms with Crippen molar-refractivity contribution in [3.05, 3.63) is 40.9 Å². The normalized spacial score (nSPS) is 10.9. The molecule has 0 atom stereocenters. The van der Waals surface area contributed by atoms with Crippen molar-refractivity contribution < 1.29 is 0 Å². The number of benzene rings is 1. The molecule has 0 saturated carbocycles. The molecule has 0 aliphatic rings. The second kappa shape index (κ2) is 6.31. The minimum atomic E-state index is 0.0593. The van der Waals surface area contributed by atoms with E-state index in [-0.39, 0.29) is 5.56 Å². The summed E-state index contributed by atoms with van der Waals surface area (Å²) < 4.78 is 1.70. The van der Waals surface area contributed by atoms with Crippen LogP contribution in [0.15, 0.2) is 35.4 Å². The summed E-state index contributed by atoms with van der Waals surface area (Å²) in [7, 11) is 0. The number of rotatable bonds is 6. The fourth-order valence-corrected chi connectivity index (χ4v) is 1.97. The van der Waals surface area contributed by atoms with Crippen molar-refractivity contribution in [3.63, 3.8) is 0 Å². The molecule has 0 fully saturated rings. The number of hydrogen-bond donors (Lipinski definition) is 1. The average molecular weight is 245 g/mol. The van der Waals surface area contributed by atoms with Crippen LogP contribution in [0.3, 0.4) is 0 Å². The van der Waals surface area contributed by atoms with Gasteiger partial charge in [-0.3, -0.25) is 9.36 Å². The van der Waals surface area contributed by atoms with Gasteiger partial charge in [0.2, 0.25) is 0 Å². The van der Waals surface area contributed by atoms with E-state index in [1.807, 2.05) is 24.3 Å². The molecule has 1 aromatic heterocycles. The molecule has 0 saturated heterocycles. The summed E-state index contributed by atoms with van der Waals surface area (Å²) >= 11 is 0. The van der Waals surface area contributed by atoms with Crippen LogP contribution >= 0.6 is 0 Å². The molecule has 0 amide bonds. The van der Waals surface area contributed by atoms with Crippen LogP contribution in [0.5, 0.6) is 0 Å². The average Bonchev–Trinajstić information content (AvgIpc) is 2.41. The first-order chi connectivity index (χ1) is 8.83. The lowest BCUT2D eigenvalue weighted by Crippen LogP contribution is -2.21. The lowest BCUT2D eigenvalue weighted by molar-refractivity contribution is 0.564. The van der Waals surface area contributed by atoms with Gasteiger partial charge in [0.1, 0.15) is 0 Å². The maximum absolute atomic E-state index is 12.2. The van der Waals surface area contributed by atoms with Crippen molar-refractivity contribution in [1.29, 1.82) is 0 Å². The number of nitrogens with one attached hydrogen (secondary N) is 1. The molecule has 1 heterocycles. The summed E-state index contributed by atoms with van der Waals surface area (Å²) in [6, 6.07) is 7.47. The Morgan fingerprint density at radius 1 is 1.28 bits per heavy atom. The first-order valence-corrected chi connectivity index (χ1v) is 6.48. The maximum atomic E-state index is 12.2. The summed E-state index contributed by atoms with van der Waals surface area (Å²) in [5, 5.41) is 3.98. The van der Waals surface area contributed by atoms with Gasteiger partial charge in [-0.25, -0.2) is 4.98 Å². The van der Waals surface area contributed by atoms with Crippen LogP contribution in [0.1, 0.15) is 19.8 Å². The third kappa shape index (κ3) is 2.96. The number of hydrogen-bond acceptors (Lipinski definition) is 3. The van der Waals surface area contributed by atoms with Gasteiger partial charge in [-0.05, 0) is 38.1 Å². The molecule has 96 valence electrons. The second-order valence-electron chi connectivity index (χ2n) is 4.32. The number of unbranched alkanes of at least 4 members (excludes halogenated alkanes) is 1. The summed E-state index contributed by atoms with van der Waals surface area (Å²) in [5.41, 5.74) is 0.829. The zero-order chi connectivity index (χ0) is 12.8. The molecule has 4 nitrogen and oxygen atoms in total. The van der Waals surface area contributed by atoms with E-state index in [2.05, 4.69) is 17.2 Å². The summed E-state index contributed by atoms with van der Waals surface area (Å²) in [6.45, 7) is 4.84. The summed E-state index contributed by atoms with van der Waals surface area (Å²) in [5.74, 6) is 0. The van der Waals surface area contributed by atoms with E-state index < -0.39 is 0 Å². The predicted molar refractivity (Wildman–Crippen MR) is 73.8 cm³/mol. The highest BCUT2D eigenvalue weighted by molar-refractivity contribution is 5.76. The Morgan fingerprint density at radius 2 is 2.11 bits per heavy atom. The molecule has 0 unspecified atom stereocenters. The molecule has 0 bridgehead atoms. The van der Waals surface area contributed by atoms with Gasteiger partial charge in [0.25, 0.3) is 5.56 Å². The van der Waals surface area contributed by atoms with Crippen molar-refractivity contribution in [2.45, 2.75) is 26.3 Å². The first-order valence-electron chi connectivity index (χ1n) is 6.48. The third-order valence-corrected chi connectivity index (χ3v) is 2.98. The van der Waals surface area contributed by atoms with E-state index in [1.165, 1.54) is 0 Å². The van der Waals surface area contributed by atoms with Gasteiger partial charge in [-0.15, -0.1) is 0 Å². The lowest BCUT2D eigenvalue weighted by Gasteiger charge is -2.06. The van der Waals surface area contributed by atoms with Gasteiger partial charge < -0.3 is 5.32 Å². The Hall–Kier alpha value is -1.68. The van der Waals surface area contributed by atoms with Gasteiger partial charge >= 0.3 is 0 Å². The van der Waals surface area contributed by atoms with Gasteiger partial charge in [0, 0.05) is 6.54 Å². The zero-order valence-electron chi connectivity index (χ0n) is 10.7. The minimum Gasteiger partial charge on any atom is -0.317 e. The number of nitrogens with zero attached hydrogens (tertiary/aromatic N) is 2. The van der Waals surface area contributed by atoms with E-state index >= 15 is 0 Å². The zero-order valence-corrected chi connectivity index (χ0v) is 10.7. The molecule has 18 heavy (non-hydrogen) atoms. The standard InChI is InChI=1S/C14H19N3O/c1-2-15-9-5-6-10-17-11-16-13-8-4-3-7-12(13)14(17)18/h3-4,7-8,11,15H,2,5-6,9-10H2,1H3. The summed E-state index contributed by atoms with van der Waals surface area (Å²) in [6.07, 6.45) is 3.72. The number of aryl methyl sites for hydroxylation is 1. The molecule has 0 spiro atoms. The highest BCUT2D eigenvalue weighted by Crippen LogP contribution is 2.04. The van der Waals surface area contributed by atoms with E-state index in [4.69, 9.17) is 0 Å². The largest absolute Gasteiger partial charge is 0.317 e.